The summed E-state index contributed by atoms with van der Waals surface area (Å²) in [6, 6.07) is 3.91. The highest BCUT2D eigenvalue weighted by Gasteiger charge is 2.30. The van der Waals surface area contributed by atoms with Gasteiger partial charge in [0.15, 0.2) is 11.9 Å². The number of likely N-dealkylation sites (N-methyl/N-ethyl adjacent to an activating group) is 1. The van der Waals surface area contributed by atoms with Gasteiger partial charge < -0.3 is 15.4 Å². The Labute approximate surface area is 101 Å². The van der Waals surface area contributed by atoms with E-state index in [4.69, 9.17) is 10.5 Å². The van der Waals surface area contributed by atoms with Crippen molar-refractivity contribution in [1.82, 2.24) is 0 Å². The molecule has 4 nitrogen and oxygen atoms in total. The Balaban J connectivity index is 2.49. The van der Waals surface area contributed by atoms with E-state index in [2.05, 4.69) is 6.92 Å². The second-order valence-corrected chi connectivity index (χ2v) is 4.44. The minimum atomic E-state index is -0.466. The first-order valence-electron chi connectivity index (χ1n) is 5.91. The molecule has 0 saturated heterocycles. The molecule has 4 heteroatoms. The van der Waals surface area contributed by atoms with Crippen LogP contribution in [0, 0.1) is 0 Å². The highest BCUT2D eigenvalue weighted by atomic mass is 16.5. The number of nitrogen functional groups attached to an aromatic ring is 1. The van der Waals surface area contributed by atoms with Crippen LogP contribution in [0.4, 0.5) is 11.4 Å². The SMILES string of the molecule is CCCc1cc(N)c2c(c1)N(C)C(=O)C(C)O2. The third-order valence-corrected chi connectivity index (χ3v) is 3.03. The molecule has 1 aliphatic heterocycles. The molecule has 0 saturated carbocycles. The average Bonchev–Trinajstić information content (AvgIpc) is 2.29. The topological polar surface area (TPSA) is 55.6 Å². The van der Waals surface area contributed by atoms with Crippen LogP contribution < -0.4 is 15.4 Å². The number of anilines is 2. The first kappa shape index (κ1) is 11.8. The van der Waals surface area contributed by atoms with Gasteiger partial charge in [-0.05, 0) is 31.0 Å². The Bertz CT molecular complexity index is 457. The Hall–Kier alpha value is -1.71. The molecule has 2 N–H and O–H groups in total. The van der Waals surface area contributed by atoms with Crippen molar-refractivity contribution >= 4 is 17.3 Å². The van der Waals surface area contributed by atoms with Gasteiger partial charge in [-0.3, -0.25) is 4.79 Å². The monoisotopic (exact) mass is 234 g/mol. The number of carbonyl (C=O) groups excluding carboxylic acids is 1. The lowest BCUT2D eigenvalue weighted by Crippen LogP contribution is -2.42. The number of aryl methyl sites for hydroxylation is 1. The van der Waals surface area contributed by atoms with Crippen LogP contribution in [0.15, 0.2) is 12.1 Å². The number of ether oxygens (including phenoxy) is 1. The number of hydrogen-bond donors (Lipinski definition) is 1. The third-order valence-electron chi connectivity index (χ3n) is 3.03. The Kier molecular flexibility index (Phi) is 2.96. The zero-order valence-corrected chi connectivity index (χ0v) is 10.5. The lowest BCUT2D eigenvalue weighted by Gasteiger charge is -2.31. The maximum Gasteiger partial charge on any atom is 0.267 e. The van der Waals surface area contributed by atoms with E-state index in [0.717, 1.165) is 24.1 Å². The van der Waals surface area contributed by atoms with Gasteiger partial charge in [-0.25, -0.2) is 0 Å². The molecule has 1 aliphatic rings. The number of hydrogen-bond acceptors (Lipinski definition) is 3. The van der Waals surface area contributed by atoms with Crippen LogP contribution in [0.3, 0.4) is 0 Å². The van der Waals surface area contributed by atoms with Gasteiger partial charge in [0.25, 0.3) is 5.91 Å². The Morgan fingerprint density at radius 2 is 2.18 bits per heavy atom. The smallest absolute Gasteiger partial charge is 0.267 e. The second kappa shape index (κ2) is 4.28. The average molecular weight is 234 g/mol. The molecule has 1 unspecified atom stereocenters. The fourth-order valence-corrected chi connectivity index (χ4v) is 2.13. The predicted molar refractivity (Wildman–Crippen MR) is 68.3 cm³/mol. The van der Waals surface area contributed by atoms with Crippen molar-refractivity contribution in [2.45, 2.75) is 32.8 Å². The Morgan fingerprint density at radius 3 is 2.82 bits per heavy atom. The van der Waals surface area contributed by atoms with E-state index in [0.29, 0.717) is 11.4 Å². The summed E-state index contributed by atoms with van der Waals surface area (Å²) >= 11 is 0. The third kappa shape index (κ3) is 1.95. The van der Waals surface area contributed by atoms with Crippen molar-refractivity contribution in [1.29, 1.82) is 0 Å². The normalized spacial score (nSPS) is 18.9. The minimum absolute atomic E-state index is 0.0365. The van der Waals surface area contributed by atoms with Gasteiger partial charge in [0.1, 0.15) is 0 Å². The van der Waals surface area contributed by atoms with Crippen LogP contribution >= 0.6 is 0 Å². The molecule has 1 heterocycles. The maximum absolute atomic E-state index is 11.8. The van der Waals surface area contributed by atoms with E-state index < -0.39 is 6.10 Å². The van der Waals surface area contributed by atoms with Crippen LogP contribution in [-0.4, -0.2) is 19.1 Å². The molecule has 0 radical (unpaired) electrons. The van der Waals surface area contributed by atoms with Gasteiger partial charge >= 0.3 is 0 Å². The molecule has 2 rings (SSSR count). The van der Waals surface area contributed by atoms with Crippen molar-refractivity contribution in [2.75, 3.05) is 17.7 Å². The number of nitrogens with two attached hydrogens (primary N) is 1. The maximum atomic E-state index is 11.8. The number of rotatable bonds is 2. The second-order valence-electron chi connectivity index (χ2n) is 4.44. The molecule has 1 aromatic rings. The van der Waals surface area contributed by atoms with Gasteiger partial charge in [-0.15, -0.1) is 0 Å². The van der Waals surface area contributed by atoms with Crippen LogP contribution in [-0.2, 0) is 11.2 Å². The molecular formula is C13H18N2O2. The first-order chi connectivity index (χ1) is 8.04. The van der Waals surface area contributed by atoms with Gasteiger partial charge in [-0.2, -0.15) is 0 Å². The summed E-state index contributed by atoms with van der Waals surface area (Å²) in [5.74, 6) is 0.588. The van der Waals surface area contributed by atoms with Crippen molar-refractivity contribution < 1.29 is 9.53 Å². The molecule has 0 aliphatic carbocycles. The molecule has 0 aromatic heterocycles. The lowest BCUT2D eigenvalue weighted by molar-refractivity contribution is -0.125. The molecule has 0 fully saturated rings. The Morgan fingerprint density at radius 1 is 1.47 bits per heavy atom. The quantitative estimate of drug-likeness (QED) is 0.796. The van der Waals surface area contributed by atoms with Crippen LogP contribution in [0.25, 0.3) is 0 Å². The summed E-state index contributed by atoms with van der Waals surface area (Å²) in [6.07, 6.45) is 1.54. The summed E-state index contributed by atoms with van der Waals surface area (Å²) < 4.78 is 5.56. The number of fused-ring (bicyclic) bond motifs is 1. The predicted octanol–water partition coefficient (Wildman–Crippen LogP) is 1.96. The van der Waals surface area contributed by atoms with Crippen molar-refractivity contribution in [3.8, 4) is 5.75 Å². The van der Waals surface area contributed by atoms with E-state index in [1.165, 1.54) is 0 Å². The van der Waals surface area contributed by atoms with Crippen molar-refractivity contribution in [3.63, 3.8) is 0 Å². The van der Waals surface area contributed by atoms with Crippen LogP contribution in [0.2, 0.25) is 0 Å². The molecule has 17 heavy (non-hydrogen) atoms. The summed E-state index contributed by atoms with van der Waals surface area (Å²) in [7, 11) is 1.76. The molecule has 0 spiro atoms. The van der Waals surface area contributed by atoms with Crippen LogP contribution in [0.5, 0.6) is 5.75 Å². The number of nitrogens with zero attached hydrogens (tertiary/aromatic N) is 1. The van der Waals surface area contributed by atoms with E-state index in [9.17, 15) is 4.79 Å². The zero-order valence-electron chi connectivity index (χ0n) is 10.5. The molecule has 0 bridgehead atoms. The molecule has 1 aromatic carbocycles. The molecule has 1 atom stereocenters. The van der Waals surface area contributed by atoms with Crippen LogP contribution in [0.1, 0.15) is 25.8 Å². The highest BCUT2D eigenvalue weighted by Crippen LogP contribution is 2.39. The number of benzene rings is 1. The molecule has 1 amide bonds. The zero-order chi connectivity index (χ0) is 12.6. The van der Waals surface area contributed by atoms with E-state index in [1.54, 1.807) is 18.9 Å². The number of carbonyl (C=O) groups is 1. The van der Waals surface area contributed by atoms with Crippen molar-refractivity contribution in [3.05, 3.63) is 17.7 Å². The van der Waals surface area contributed by atoms with E-state index >= 15 is 0 Å². The summed E-state index contributed by atoms with van der Waals surface area (Å²) in [5.41, 5.74) is 8.50. The summed E-state index contributed by atoms with van der Waals surface area (Å²) in [4.78, 5) is 13.5. The van der Waals surface area contributed by atoms with Crippen molar-refractivity contribution in [2.24, 2.45) is 0 Å². The largest absolute Gasteiger partial charge is 0.477 e. The summed E-state index contributed by atoms with van der Waals surface area (Å²) in [6.45, 7) is 3.85. The fraction of sp³-hybridized carbons (Fsp3) is 0.462. The molecular weight excluding hydrogens is 216 g/mol. The first-order valence-corrected chi connectivity index (χ1v) is 5.91. The highest BCUT2D eigenvalue weighted by molar-refractivity contribution is 6.00. The number of amides is 1. The fourth-order valence-electron chi connectivity index (χ4n) is 2.13. The van der Waals surface area contributed by atoms with Gasteiger partial charge in [0, 0.05) is 7.05 Å². The van der Waals surface area contributed by atoms with Gasteiger partial charge in [0.2, 0.25) is 0 Å². The lowest BCUT2D eigenvalue weighted by atomic mass is 10.1. The summed E-state index contributed by atoms with van der Waals surface area (Å²) in [5, 5.41) is 0. The van der Waals surface area contributed by atoms with Gasteiger partial charge in [-0.1, -0.05) is 13.3 Å². The van der Waals surface area contributed by atoms with E-state index in [-0.39, 0.29) is 5.91 Å². The van der Waals surface area contributed by atoms with E-state index in [1.807, 2.05) is 12.1 Å². The van der Waals surface area contributed by atoms with Gasteiger partial charge in [0.05, 0.1) is 11.4 Å². The minimum Gasteiger partial charge on any atom is -0.477 e. The standard InChI is InChI=1S/C13H18N2O2/c1-4-5-9-6-10(14)12-11(7-9)15(3)13(16)8(2)17-12/h6-8H,4-5,14H2,1-3H3. The molecule has 92 valence electrons.